The van der Waals surface area contributed by atoms with E-state index in [1.165, 1.54) is 9.80 Å². The Balaban J connectivity index is 1.62. The van der Waals surface area contributed by atoms with Crippen LogP contribution in [0.4, 0.5) is 5.69 Å². The molecule has 2 atom stereocenters. The molecule has 2 aromatic rings. The summed E-state index contributed by atoms with van der Waals surface area (Å²) in [7, 11) is 1.62. The maximum Gasteiger partial charge on any atom is 0.265 e. The largest absolute Gasteiger partial charge is 0.482 e. The summed E-state index contributed by atoms with van der Waals surface area (Å²) < 4.78 is 7.33. The second-order valence-electron chi connectivity index (χ2n) is 11.3. The summed E-state index contributed by atoms with van der Waals surface area (Å²) in [6.07, 6.45) is 1.23. The minimum atomic E-state index is -0.675. The minimum Gasteiger partial charge on any atom is -0.482 e. The molecule has 12 nitrogen and oxygen atoms in total. The number of fused-ring (bicyclic) bond motifs is 2. The highest BCUT2D eigenvalue weighted by molar-refractivity contribution is 6.02. The lowest BCUT2D eigenvalue weighted by molar-refractivity contribution is -0.139. The van der Waals surface area contributed by atoms with E-state index in [0.717, 1.165) is 5.56 Å². The minimum absolute atomic E-state index is 0.132. The summed E-state index contributed by atoms with van der Waals surface area (Å²) in [5.41, 5.74) is 1.52. The van der Waals surface area contributed by atoms with E-state index in [-0.39, 0.29) is 49.1 Å². The molecular weight excluding hydrogens is 526 g/mol. The summed E-state index contributed by atoms with van der Waals surface area (Å²) in [6, 6.07) is 4.46. The molecule has 1 aromatic carbocycles. The summed E-state index contributed by atoms with van der Waals surface area (Å²) in [5.74, 6) is 1.05. The molecular formula is C29H41N7O5. The van der Waals surface area contributed by atoms with Crippen molar-refractivity contribution in [1.29, 1.82) is 0 Å². The highest BCUT2D eigenvalue weighted by Crippen LogP contribution is 2.33. The molecule has 2 aliphatic heterocycles. The molecule has 0 bridgehead atoms. The van der Waals surface area contributed by atoms with Gasteiger partial charge < -0.3 is 19.9 Å². The van der Waals surface area contributed by atoms with Crippen LogP contribution in [0.1, 0.15) is 63.3 Å². The summed E-state index contributed by atoms with van der Waals surface area (Å²) in [6.45, 7) is 10.2. The maximum atomic E-state index is 13.7. The fraction of sp³-hybridized carbons (Fsp3) is 0.586. The smallest absolute Gasteiger partial charge is 0.265 e. The number of carbonyl (C=O) groups is 4. The first-order valence-corrected chi connectivity index (χ1v) is 14.2. The van der Waals surface area contributed by atoms with Gasteiger partial charge >= 0.3 is 0 Å². The number of hydrogen-bond donors (Lipinski definition) is 1. The van der Waals surface area contributed by atoms with Crippen LogP contribution in [0.2, 0.25) is 0 Å². The van der Waals surface area contributed by atoms with E-state index >= 15 is 0 Å². The van der Waals surface area contributed by atoms with Crippen molar-refractivity contribution in [2.45, 2.75) is 72.5 Å². The van der Waals surface area contributed by atoms with Crippen LogP contribution in [0.3, 0.4) is 0 Å². The standard InChI is InChI=1S/C29H41N7O5/c1-18(2)14-22-28-30-21(5)32-36(28)13-12-34(11-7-8-25(37)33(6)20(4)29(40)31-22)26(38)16-35-23-15-19(3)9-10-24(23)41-17-27(35)39/h9-10,15,18,20,22H,7-8,11-14,16-17H2,1-6H3,(H,31,40)/t20-,22+/m0/s1. The lowest BCUT2D eigenvalue weighted by atomic mass is 10.0. The van der Waals surface area contributed by atoms with Gasteiger partial charge in [0.25, 0.3) is 5.91 Å². The predicted molar refractivity (Wildman–Crippen MR) is 152 cm³/mol. The van der Waals surface area contributed by atoms with Crippen LogP contribution >= 0.6 is 0 Å². The van der Waals surface area contributed by atoms with Crippen LogP contribution in [-0.4, -0.2) is 87.5 Å². The van der Waals surface area contributed by atoms with E-state index in [2.05, 4.69) is 29.2 Å². The number of nitrogens with one attached hydrogen (secondary N) is 1. The Kier molecular flexibility index (Phi) is 9.29. The number of benzene rings is 1. The van der Waals surface area contributed by atoms with Crippen LogP contribution in [0.5, 0.6) is 5.75 Å². The molecule has 1 N–H and O–H groups in total. The van der Waals surface area contributed by atoms with Gasteiger partial charge in [0, 0.05) is 26.6 Å². The fourth-order valence-electron chi connectivity index (χ4n) is 5.17. The van der Waals surface area contributed by atoms with Gasteiger partial charge in [-0.25, -0.2) is 9.67 Å². The summed E-state index contributed by atoms with van der Waals surface area (Å²) in [4.78, 5) is 61.9. The van der Waals surface area contributed by atoms with Gasteiger partial charge in [-0.3, -0.25) is 24.1 Å². The first-order chi connectivity index (χ1) is 19.4. The molecule has 4 amide bonds. The molecule has 0 saturated carbocycles. The summed E-state index contributed by atoms with van der Waals surface area (Å²) >= 11 is 0. The van der Waals surface area contributed by atoms with Gasteiger partial charge in [0.05, 0.1) is 18.3 Å². The van der Waals surface area contributed by atoms with Gasteiger partial charge in [-0.05, 0) is 57.2 Å². The Morgan fingerprint density at radius 1 is 1.12 bits per heavy atom. The molecule has 0 spiro atoms. The first-order valence-electron chi connectivity index (χ1n) is 14.2. The van der Waals surface area contributed by atoms with E-state index in [0.29, 0.717) is 55.6 Å². The number of hydrogen-bond acceptors (Lipinski definition) is 7. The first kappa shape index (κ1) is 30.0. The van der Waals surface area contributed by atoms with Crippen LogP contribution < -0.4 is 15.0 Å². The SMILES string of the molecule is Cc1ccc2c(c1)N(CC(=O)N1CCCC(=O)N(C)[C@@H](C)C(=O)N[C@H](CC(C)C)c3nc(C)nn3CC1)C(=O)CO2. The molecule has 2 aliphatic rings. The monoisotopic (exact) mass is 567 g/mol. The highest BCUT2D eigenvalue weighted by Gasteiger charge is 2.31. The van der Waals surface area contributed by atoms with Crippen LogP contribution in [0, 0.1) is 19.8 Å². The fourth-order valence-corrected chi connectivity index (χ4v) is 5.17. The molecule has 222 valence electrons. The molecule has 0 fully saturated rings. The topological polar surface area (TPSA) is 130 Å². The van der Waals surface area contributed by atoms with Crippen molar-refractivity contribution >= 4 is 29.3 Å². The second-order valence-corrected chi connectivity index (χ2v) is 11.3. The van der Waals surface area contributed by atoms with Gasteiger partial charge in [-0.15, -0.1) is 0 Å². The zero-order chi connectivity index (χ0) is 29.8. The quantitative estimate of drug-likeness (QED) is 0.598. The molecule has 3 heterocycles. The molecule has 0 radical (unpaired) electrons. The van der Waals surface area contributed by atoms with Crippen molar-refractivity contribution in [2.75, 3.05) is 38.2 Å². The number of carbonyl (C=O) groups excluding carboxylic acids is 4. The lowest BCUT2D eigenvalue weighted by Crippen LogP contribution is -2.49. The van der Waals surface area contributed by atoms with Crippen molar-refractivity contribution in [3.8, 4) is 5.75 Å². The van der Waals surface area contributed by atoms with Gasteiger partial charge in [-0.1, -0.05) is 19.9 Å². The number of likely N-dealkylation sites (N-methyl/N-ethyl adjacent to an activating group) is 1. The third kappa shape index (κ3) is 7.04. The third-order valence-corrected chi connectivity index (χ3v) is 7.60. The van der Waals surface area contributed by atoms with E-state index in [1.54, 1.807) is 36.5 Å². The number of nitrogens with zero attached hydrogens (tertiary/aromatic N) is 6. The number of aromatic nitrogens is 3. The molecule has 4 rings (SSSR count). The van der Waals surface area contributed by atoms with Gasteiger partial charge in [0.2, 0.25) is 17.7 Å². The molecule has 1 aromatic heterocycles. The van der Waals surface area contributed by atoms with Crippen molar-refractivity contribution in [3.05, 3.63) is 35.4 Å². The average molecular weight is 568 g/mol. The molecule has 0 unspecified atom stereocenters. The Morgan fingerprint density at radius 2 is 1.88 bits per heavy atom. The Bertz CT molecular complexity index is 1310. The van der Waals surface area contributed by atoms with Crippen molar-refractivity contribution in [2.24, 2.45) is 5.92 Å². The van der Waals surface area contributed by atoms with Crippen molar-refractivity contribution in [3.63, 3.8) is 0 Å². The number of amides is 4. The van der Waals surface area contributed by atoms with E-state index in [9.17, 15) is 19.2 Å². The second kappa shape index (κ2) is 12.7. The maximum absolute atomic E-state index is 13.7. The molecule has 0 saturated heterocycles. The Hall–Kier alpha value is -3.96. The van der Waals surface area contributed by atoms with E-state index in [4.69, 9.17) is 4.74 Å². The van der Waals surface area contributed by atoms with Crippen LogP contribution in [0.15, 0.2) is 18.2 Å². The zero-order valence-corrected chi connectivity index (χ0v) is 24.8. The van der Waals surface area contributed by atoms with Crippen molar-refractivity contribution in [1.82, 2.24) is 29.9 Å². The Labute approximate surface area is 241 Å². The van der Waals surface area contributed by atoms with Gasteiger partial charge in [0.1, 0.15) is 30.0 Å². The number of ether oxygens (including phenoxy) is 1. The number of rotatable bonds is 4. The van der Waals surface area contributed by atoms with Gasteiger partial charge in [-0.2, -0.15) is 5.10 Å². The molecule has 0 aliphatic carbocycles. The normalized spacial score (nSPS) is 20.8. The molecule has 12 heteroatoms. The van der Waals surface area contributed by atoms with E-state index < -0.39 is 12.1 Å². The van der Waals surface area contributed by atoms with Crippen LogP contribution in [0.25, 0.3) is 0 Å². The Morgan fingerprint density at radius 3 is 2.61 bits per heavy atom. The summed E-state index contributed by atoms with van der Waals surface area (Å²) in [5, 5.41) is 7.67. The number of aryl methyl sites for hydroxylation is 2. The van der Waals surface area contributed by atoms with Gasteiger partial charge in [0.15, 0.2) is 6.61 Å². The average Bonchev–Trinajstić information content (AvgIpc) is 3.30. The zero-order valence-electron chi connectivity index (χ0n) is 24.8. The molecule has 41 heavy (non-hydrogen) atoms. The highest BCUT2D eigenvalue weighted by atomic mass is 16.5. The number of anilines is 1. The van der Waals surface area contributed by atoms with Crippen LogP contribution in [-0.2, 0) is 25.7 Å². The lowest BCUT2D eigenvalue weighted by Gasteiger charge is -2.32. The third-order valence-electron chi connectivity index (χ3n) is 7.60. The predicted octanol–water partition coefficient (Wildman–Crippen LogP) is 1.99. The van der Waals surface area contributed by atoms with E-state index in [1.807, 2.05) is 19.1 Å². The van der Waals surface area contributed by atoms with Crippen molar-refractivity contribution < 1.29 is 23.9 Å².